The minimum Gasteiger partial charge on any atom is -0.493 e. The van der Waals surface area contributed by atoms with Gasteiger partial charge in [0.05, 0.1) is 31.9 Å². The number of piperazine rings is 1. The second-order valence-corrected chi connectivity index (χ2v) is 10.7. The topological polar surface area (TPSA) is 94.1 Å². The number of hydrogen-bond donors (Lipinski definition) is 0. The summed E-state index contributed by atoms with van der Waals surface area (Å²) < 4.78 is 44.3. The van der Waals surface area contributed by atoms with Gasteiger partial charge in [-0.25, -0.2) is 18.4 Å². The summed E-state index contributed by atoms with van der Waals surface area (Å²) in [6, 6.07) is 12.8. The molecule has 3 aromatic rings. The molecule has 0 unspecified atom stereocenters. The fourth-order valence-electron chi connectivity index (χ4n) is 4.38. The van der Waals surface area contributed by atoms with Crippen LogP contribution in [0.25, 0.3) is 11.3 Å². The van der Waals surface area contributed by atoms with Gasteiger partial charge in [-0.3, -0.25) is 0 Å². The molecule has 4 rings (SSSR count). The Labute approximate surface area is 219 Å². The van der Waals surface area contributed by atoms with E-state index in [4.69, 9.17) is 19.2 Å². The van der Waals surface area contributed by atoms with E-state index in [0.717, 1.165) is 30.4 Å². The van der Waals surface area contributed by atoms with Gasteiger partial charge < -0.3 is 19.1 Å². The fourth-order valence-corrected chi connectivity index (χ4v) is 5.80. The van der Waals surface area contributed by atoms with Crippen molar-refractivity contribution in [1.29, 1.82) is 0 Å². The van der Waals surface area contributed by atoms with E-state index in [1.165, 1.54) is 4.31 Å². The van der Waals surface area contributed by atoms with E-state index in [2.05, 4.69) is 11.9 Å². The summed E-state index contributed by atoms with van der Waals surface area (Å²) in [7, 11) is 1.15. The molecule has 0 bridgehead atoms. The van der Waals surface area contributed by atoms with Gasteiger partial charge in [-0.1, -0.05) is 25.5 Å². The fraction of sp³-hybridized carbons (Fsp3) is 0.407. The van der Waals surface area contributed by atoms with E-state index in [9.17, 15) is 8.42 Å². The summed E-state index contributed by atoms with van der Waals surface area (Å²) in [5.41, 5.74) is 2.65. The van der Waals surface area contributed by atoms with Crippen LogP contribution in [0.2, 0.25) is 0 Å². The summed E-state index contributed by atoms with van der Waals surface area (Å²) in [5, 5.41) is 0. The molecule has 0 atom stereocenters. The van der Waals surface area contributed by atoms with Crippen molar-refractivity contribution in [2.24, 2.45) is 0 Å². The Kier molecular flexibility index (Phi) is 8.50. The predicted molar refractivity (Wildman–Crippen MR) is 143 cm³/mol. The first-order chi connectivity index (χ1) is 17.9. The van der Waals surface area contributed by atoms with Gasteiger partial charge in [-0.2, -0.15) is 4.31 Å². The van der Waals surface area contributed by atoms with E-state index in [1.807, 2.05) is 35.2 Å². The Balaban J connectivity index is 1.48. The molecule has 0 radical (unpaired) electrons. The highest BCUT2D eigenvalue weighted by molar-refractivity contribution is 7.89. The normalized spacial score (nSPS) is 14.4. The SMILES string of the molecule is CCCCc1ccc(S(=O)(=O)N2CCN(c3nccc(-c4cc(OC)c(OC)c(OC)c4)n3)CC2)cc1. The zero-order chi connectivity index (χ0) is 26.4. The number of nitrogens with zero attached hydrogens (tertiary/aromatic N) is 4. The lowest BCUT2D eigenvalue weighted by Gasteiger charge is -2.34. The number of aromatic nitrogens is 2. The number of sulfonamides is 1. The summed E-state index contributed by atoms with van der Waals surface area (Å²) in [4.78, 5) is 11.5. The van der Waals surface area contributed by atoms with Crippen LogP contribution in [0, 0.1) is 0 Å². The maximum absolute atomic E-state index is 13.2. The van der Waals surface area contributed by atoms with Crippen LogP contribution >= 0.6 is 0 Å². The van der Waals surface area contributed by atoms with Gasteiger partial charge in [-0.05, 0) is 48.7 Å². The lowest BCUT2D eigenvalue weighted by Crippen LogP contribution is -2.49. The van der Waals surface area contributed by atoms with Crippen molar-refractivity contribution >= 4 is 16.0 Å². The van der Waals surface area contributed by atoms with Crippen LogP contribution < -0.4 is 19.1 Å². The van der Waals surface area contributed by atoms with Crippen molar-refractivity contribution in [3.63, 3.8) is 0 Å². The third-order valence-corrected chi connectivity index (χ3v) is 8.42. The van der Waals surface area contributed by atoms with Crippen molar-refractivity contribution in [3.8, 4) is 28.5 Å². The highest BCUT2D eigenvalue weighted by Gasteiger charge is 2.29. The molecule has 0 saturated carbocycles. The number of anilines is 1. The predicted octanol–water partition coefficient (Wildman–Crippen LogP) is 4.02. The Bertz CT molecular complexity index is 1280. The molecule has 0 amide bonds. The second-order valence-electron chi connectivity index (χ2n) is 8.79. The lowest BCUT2D eigenvalue weighted by molar-refractivity contribution is 0.324. The molecule has 1 aromatic heterocycles. The zero-order valence-corrected chi connectivity index (χ0v) is 22.6. The Morgan fingerprint density at radius 2 is 1.54 bits per heavy atom. The van der Waals surface area contributed by atoms with Crippen LogP contribution in [-0.4, -0.2) is 70.2 Å². The van der Waals surface area contributed by atoms with E-state index >= 15 is 0 Å². The van der Waals surface area contributed by atoms with Crippen molar-refractivity contribution in [1.82, 2.24) is 14.3 Å². The molecule has 1 fully saturated rings. The number of rotatable bonds is 10. The van der Waals surface area contributed by atoms with Gasteiger partial charge in [0.15, 0.2) is 11.5 Å². The highest BCUT2D eigenvalue weighted by atomic mass is 32.2. The van der Waals surface area contributed by atoms with Gasteiger partial charge in [0.25, 0.3) is 0 Å². The molecule has 198 valence electrons. The van der Waals surface area contributed by atoms with Gasteiger partial charge in [0, 0.05) is 37.9 Å². The molecule has 0 aliphatic carbocycles. The smallest absolute Gasteiger partial charge is 0.243 e. The number of unbranched alkanes of at least 4 members (excludes halogenated alkanes) is 1. The molecular weight excluding hydrogens is 492 g/mol. The molecule has 2 aromatic carbocycles. The maximum atomic E-state index is 13.2. The Morgan fingerprint density at radius 1 is 0.892 bits per heavy atom. The molecule has 1 aliphatic rings. The van der Waals surface area contributed by atoms with Gasteiger partial charge in [-0.15, -0.1) is 0 Å². The lowest BCUT2D eigenvalue weighted by atomic mass is 10.1. The quantitative estimate of drug-likeness (QED) is 0.391. The largest absolute Gasteiger partial charge is 0.493 e. The van der Waals surface area contributed by atoms with Crippen LogP contribution in [0.1, 0.15) is 25.3 Å². The van der Waals surface area contributed by atoms with Crippen molar-refractivity contribution < 1.29 is 22.6 Å². The minimum atomic E-state index is -3.55. The number of benzene rings is 2. The van der Waals surface area contributed by atoms with Crippen molar-refractivity contribution in [3.05, 3.63) is 54.2 Å². The van der Waals surface area contributed by atoms with E-state index in [1.54, 1.807) is 39.7 Å². The first-order valence-corrected chi connectivity index (χ1v) is 13.8. The molecule has 1 saturated heterocycles. The molecule has 0 spiro atoms. The Hall–Kier alpha value is -3.37. The van der Waals surface area contributed by atoms with Gasteiger partial charge >= 0.3 is 0 Å². The molecule has 37 heavy (non-hydrogen) atoms. The molecule has 2 heterocycles. The number of ether oxygens (including phenoxy) is 3. The average molecular weight is 527 g/mol. The molecule has 1 aliphatic heterocycles. The minimum absolute atomic E-state index is 0.335. The third kappa shape index (κ3) is 5.80. The second kappa shape index (κ2) is 11.8. The van der Waals surface area contributed by atoms with Crippen LogP contribution in [0.15, 0.2) is 53.6 Å². The number of methoxy groups -OCH3 is 3. The van der Waals surface area contributed by atoms with Crippen molar-refractivity contribution in [2.75, 3.05) is 52.4 Å². The first kappa shape index (κ1) is 26.7. The summed E-state index contributed by atoms with van der Waals surface area (Å²) >= 11 is 0. The van der Waals surface area contributed by atoms with Gasteiger partial charge in [0.2, 0.25) is 21.7 Å². The van der Waals surface area contributed by atoms with Gasteiger partial charge in [0.1, 0.15) is 0 Å². The first-order valence-electron chi connectivity index (χ1n) is 12.4. The van der Waals surface area contributed by atoms with Crippen LogP contribution in [0.4, 0.5) is 5.95 Å². The number of aryl methyl sites for hydroxylation is 1. The monoisotopic (exact) mass is 526 g/mol. The maximum Gasteiger partial charge on any atom is 0.243 e. The Morgan fingerprint density at radius 3 is 2.11 bits per heavy atom. The summed E-state index contributed by atoms with van der Waals surface area (Å²) in [5.74, 6) is 2.13. The third-order valence-electron chi connectivity index (χ3n) is 6.50. The average Bonchev–Trinajstić information content (AvgIpc) is 2.95. The number of hydrogen-bond acceptors (Lipinski definition) is 8. The van der Waals surface area contributed by atoms with Crippen LogP contribution in [-0.2, 0) is 16.4 Å². The van der Waals surface area contributed by atoms with E-state index < -0.39 is 10.0 Å². The molecule has 0 N–H and O–H groups in total. The zero-order valence-electron chi connectivity index (χ0n) is 21.8. The summed E-state index contributed by atoms with van der Waals surface area (Å²) in [6.45, 7) is 3.85. The van der Waals surface area contributed by atoms with E-state index in [0.29, 0.717) is 60.0 Å². The highest BCUT2D eigenvalue weighted by Crippen LogP contribution is 2.41. The van der Waals surface area contributed by atoms with E-state index in [-0.39, 0.29) is 0 Å². The molecule has 10 heteroatoms. The standard InChI is InChI=1S/C27H34N4O5S/c1-5-6-7-20-8-10-22(11-9-20)37(32,33)31-16-14-30(15-17-31)27-28-13-12-23(29-27)21-18-24(34-2)26(36-4)25(19-21)35-3/h8-13,18-19H,5-7,14-17H2,1-4H3. The van der Waals surface area contributed by atoms with Crippen molar-refractivity contribution in [2.45, 2.75) is 31.1 Å². The van der Waals surface area contributed by atoms with Crippen LogP contribution in [0.3, 0.4) is 0 Å². The molecule has 9 nitrogen and oxygen atoms in total. The summed E-state index contributed by atoms with van der Waals surface area (Å²) in [6.07, 6.45) is 4.87. The van der Waals surface area contributed by atoms with Crippen LogP contribution in [0.5, 0.6) is 17.2 Å². The molecular formula is C27H34N4O5S.